The molecule has 0 fully saturated rings. The summed E-state index contributed by atoms with van der Waals surface area (Å²) in [4.78, 5) is 68.6. The predicted molar refractivity (Wildman–Crippen MR) is 88.7 cm³/mol. The summed E-state index contributed by atoms with van der Waals surface area (Å²) in [5, 5.41) is 41.2. The minimum atomic E-state index is -1.74. The molecule has 0 aliphatic rings. The first-order chi connectivity index (χ1) is 12.9. The van der Waals surface area contributed by atoms with Crippen LogP contribution in [0.15, 0.2) is 0 Å². The molecule has 14 heteroatoms. The number of carbonyl (C=O) groups is 6. The monoisotopic (exact) mass is 406 g/mol. The van der Waals surface area contributed by atoms with E-state index in [9.17, 15) is 28.8 Å². The summed E-state index contributed by atoms with van der Waals surface area (Å²) in [6, 6.07) is -6.31. The van der Waals surface area contributed by atoms with Gasteiger partial charge in [0.05, 0.1) is 19.4 Å². The smallest absolute Gasteiger partial charge is 0.325 e. The van der Waals surface area contributed by atoms with Crippen LogP contribution in [0.1, 0.15) is 19.8 Å². The molecule has 28 heavy (non-hydrogen) atoms. The number of nitrogens with two attached hydrogens (primary N) is 1. The van der Waals surface area contributed by atoms with Gasteiger partial charge in [-0.25, -0.2) is 0 Å². The molecule has 0 aromatic carbocycles. The molecule has 0 spiro atoms. The molecule has 0 radical (unpaired) electrons. The molecule has 0 aromatic rings. The van der Waals surface area contributed by atoms with Crippen LogP contribution < -0.4 is 21.7 Å². The first-order valence-corrected chi connectivity index (χ1v) is 7.83. The van der Waals surface area contributed by atoms with Crippen molar-refractivity contribution in [1.29, 1.82) is 0 Å². The van der Waals surface area contributed by atoms with Crippen molar-refractivity contribution in [2.45, 2.75) is 43.9 Å². The average molecular weight is 406 g/mol. The molecule has 0 aliphatic heterocycles. The number of hydrogen-bond acceptors (Lipinski definition) is 8. The number of amides is 3. The number of carboxylic acids is 3. The van der Waals surface area contributed by atoms with Gasteiger partial charge in [0.15, 0.2) is 0 Å². The average Bonchev–Trinajstić information content (AvgIpc) is 2.58. The summed E-state index contributed by atoms with van der Waals surface area (Å²) < 4.78 is 0. The summed E-state index contributed by atoms with van der Waals surface area (Å²) in [5.41, 5.74) is 5.26. The van der Waals surface area contributed by atoms with Gasteiger partial charge >= 0.3 is 17.9 Å². The van der Waals surface area contributed by atoms with Crippen LogP contribution in [0.2, 0.25) is 0 Å². The Labute approximate surface area is 158 Å². The molecule has 0 aromatic heterocycles. The van der Waals surface area contributed by atoms with E-state index in [0.29, 0.717) is 0 Å². The lowest BCUT2D eigenvalue weighted by Gasteiger charge is -2.23. The highest BCUT2D eigenvalue weighted by molar-refractivity contribution is 5.96. The minimum absolute atomic E-state index is 0.787. The van der Waals surface area contributed by atoms with E-state index in [-0.39, 0.29) is 0 Å². The summed E-state index contributed by atoms with van der Waals surface area (Å²) in [7, 11) is 0. The van der Waals surface area contributed by atoms with E-state index in [1.807, 2.05) is 16.0 Å². The van der Waals surface area contributed by atoms with Gasteiger partial charge in [-0.15, -0.1) is 0 Å². The standard InChI is InChI=1S/C14H22N4O10/c1-5(14(27)28)16-12(25)7(2-9(20)21)18-13(26)8(3-10(22)23)17-11(24)6(15)4-19/h5-8,19H,2-4,15H2,1H3,(H,16,25)(H,17,24)(H,18,26)(H,20,21)(H,22,23)(H,27,28). The maximum atomic E-state index is 12.3. The molecule has 0 heterocycles. The van der Waals surface area contributed by atoms with Crippen LogP contribution in [0.4, 0.5) is 0 Å². The van der Waals surface area contributed by atoms with Crippen molar-refractivity contribution in [1.82, 2.24) is 16.0 Å². The summed E-state index contributed by atoms with van der Waals surface area (Å²) >= 11 is 0. The molecule has 14 nitrogen and oxygen atoms in total. The lowest BCUT2D eigenvalue weighted by molar-refractivity contribution is -0.144. The van der Waals surface area contributed by atoms with Crippen LogP contribution in [0.25, 0.3) is 0 Å². The van der Waals surface area contributed by atoms with Crippen LogP contribution in [0, 0.1) is 0 Å². The molecular formula is C14H22N4O10. The van der Waals surface area contributed by atoms with E-state index < -0.39 is 79.2 Å². The zero-order chi connectivity index (χ0) is 22.0. The van der Waals surface area contributed by atoms with E-state index in [0.717, 1.165) is 6.92 Å². The van der Waals surface area contributed by atoms with Crippen LogP contribution in [-0.2, 0) is 28.8 Å². The van der Waals surface area contributed by atoms with Gasteiger partial charge in [0.1, 0.15) is 24.2 Å². The van der Waals surface area contributed by atoms with Gasteiger partial charge in [-0.3, -0.25) is 28.8 Å². The molecule has 4 atom stereocenters. The number of aliphatic carboxylic acids is 3. The Bertz CT molecular complexity index is 638. The fourth-order valence-electron chi connectivity index (χ4n) is 1.78. The van der Waals surface area contributed by atoms with Gasteiger partial charge in [-0.05, 0) is 6.92 Å². The van der Waals surface area contributed by atoms with E-state index in [2.05, 4.69) is 0 Å². The van der Waals surface area contributed by atoms with Crippen molar-refractivity contribution in [2.24, 2.45) is 5.73 Å². The van der Waals surface area contributed by atoms with Crippen molar-refractivity contribution in [2.75, 3.05) is 6.61 Å². The van der Waals surface area contributed by atoms with Gasteiger partial charge in [0.25, 0.3) is 0 Å². The number of carbonyl (C=O) groups excluding carboxylic acids is 3. The number of aliphatic hydroxyl groups is 1. The number of rotatable bonds is 12. The Morgan fingerprint density at radius 3 is 1.54 bits per heavy atom. The molecule has 9 N–H and O–H groups in total. The summed E-state index contributed by atoms with van der Waals surface area (Å²) in [6.07, 6.45) is -1.86. The maximum absolute atomic E-state index is 12.3. The minimum Gasteiger partial charge on any atom is -0.481 e. The fraction of sp³-hybridized carbons (Fsp3) is 0.571. The molecular weight excluding hydrogens is 384 g/mol. The largest absolute Gasteiger partial charge is 0.481 e. The molecule has 0 saturated heterocycles. The molecule has 3 amide bonds. The summed E-state index contributed by atoms with van der Waals surface area (Å²) in [6.45, 7) is 0.313. The highest BCUT2D eigenvalue weighted by atomic mass is 16.4. The molecule has 158 valence electrons. The second-order valence-electron chi connectivity index (χ2n) is 5.68. The first-order valence-electron chi connectivity index (χ1n) is 7.83. The Balaban J connectivity index is 5.35. The Hall–Kier alpha value is -3.26. The van der Waals surface area contributed by atoms with Gasteiger partial charge in [-0.1, -0.05) is 0 Å². The summed E-state index contributed by atoms with van der Waals surface area (Å²) in [5.74, 6) is -7.84. The molecule has 0 bridgehead atoms. The lowest BCUT2D eigenvalue weighted by Crippen LogP contribution is -2.58. The molecule has 0 aliphatic carbocycles. The van der Waals surface area contributed by atoms with Crippen molar-refractivity contribution in [3.8, 4) is 0 Å². The second-order valence-corrected chi connectivity index (χ2v) is 5.68. The maximum Gasteiger partial charge on any atom is 0.325 e. The topological polar surface area (TPSA) is 245 Å². The van der Waals surface area contributed by atoms with Crippen molar-refractivity contribution in [3.63, 3.8) is 0 Å². The Morgan fingerprint density at radius 1 is 0.786 bits per heavy atom. The Morgan fingerprint density at radius 2 is 1.18 bits per heavy atom. The highest BCUT2D eigenvalue weighted by Crippen LogP contribution is 2.00. The van der Waals surface area contributed by atoms with Crippen LogP contribution in [0.3, 0.4) is 0 Å². The zero-order valence-corrected chi connectivity index (χ0v) is 14.7. The van der Waals surface area contributed by atoms with Gasteiger partial charge < -0.3 is 42.1 Å². The van der Waals surface area contributed by atoms with Gasteiger partial charge in [0.2, 0.25) is 17.7 Å². The van der Waals surface area contributed by atoms with Crippen LogP contribution in [0.5, 0.6) is 0 Å². The van der Waals surface area contributed by atoms with E-state index in [1.165, 1.54) is 0 Å². The molecule has 0 rings (SSSR count). The van der Waals surface area contributed by atoms with Crippen molar-refractivity contribution in [3.05, 3.63) is 0 Å². The normalized spacial score (nSPS) is 14.7. The quantitative estimate of drug-likeness (QED) is 0.154. The number of nitrogens with one attached hydrogen (secondary N) is 3. The van der Waals surface area contributed by atoms with E-state index in [4.69, 9.17) is 26.2 Å². The van der Waals surface area contributed by atoms with Gasteiger partial charge in [-0.2, -0.15) is 0 Å². The number of carboxylic acid groups (broad SMARTS) is 3. The van der Waals surface area contributed by atoms with E-state index in [1.54, 1.807) is 0 Å². The molecule has 4 unspecified atom stereocenters. The third kappa shape index (κ3) is 8.91. The zero-order valence-electron chi connectivity index (χ0n) is 14.7. The fourth-order valence-corrected chi connectivity index (χ4v) is 1.78. The predicted octanol–water partition coefficient (Wildman–Crippen LogP) is -4.19. The van der Waals surface area contributed by atoms with Crippen molar-refractivity contribution >= 4 is 35.6 Å². The number of hydrogen-bond donors (Lipinski definition) is 8. The SMILES string of the molecule is CC(NC(=O)C(CC(=O)O)NC(=O)C(CC(=O)O)NC(=O)C(N)CO)C(=O)O. The van der Waals surface area contributed by atoms with Crippen LogP contribution >= 0.6 is 0 Å². The third-order valence-electron chi connectivity index (χ3n) is 3.29. The Kier molecular flexibility index (Phi) is 10.1. The van der Waals surface area contributed by atoms with Crippen molar-refractivity contribution < 1.29 is 49.2 Å². The third-order valence-corrected chi connectivity index (χ3v) is 3.29. The lowest BCUT2D eigenvalue weighted by atomic mass is 10.1. The van der Waals surface area contributed by atoms with Crippen LogP contribution in [-0.4, -0.2) is 86.8 Å². The van der Waals surface area contributed by atoms with Gasteiger partial charge in [0, 0.05) is 0 Å². The molecule has 0 saturated carbocycles. The highest BCUT2D eigenvalue weighted by Gasteiger charge is 2.31. The van der Waals surface area contributed by atoms with E-state index >= 15 is 0 Å². The number of aliphatic hydroxyl groups excluding tert-OH is 1. The first kappa shape index (κ1) is 24.7. The second kappa shape index (κ2) is 11.5.